The van der Waals surface area contributed by atoms with Crippen LogP contribution >= 0.6 is 35.3 Å². The number of thioether (sulfide) groups is 2. The summed E-state index contributed by atoms with van der Waals surface area (Å²) in [5, 5.41) is 40.9. The van der Waals surface area contributed by atoms with E-state index in [9.17, 15) is 10.2 Å². The Hall–Kier alpha value is -7.39. The van der Waals surface area contributed by atoms with Gasteiger partial charge in [0.15, 0.2) is 0 Å². The van der Waals surface area contributed by atoms with Crippen molar-refractivity contribution in [2.75, 3.05) is 60.7 Å². The monoisotopic (exact) mass is 1100 g/mol. The van der Waals surface area contributed by atoms with Crippen LogP contribution in [-0.4, -0.2) is 97.2 Å². The highest BCUT2D eigenvalue weighted by molar-refractivity contribution is 8.00. The molecular formula is C66H64N6O4S3. The molecule has 79 heavy (non-hydrogen) atoms. The zero-order valence-electron chi connectivity index (χ0n) is 44.9. The predicted octanol–water partition coefficient (Wildman–Crippen LogP) is 14.3. The molecule has 0 amide bonds. The van der Waals surface area contributed by atoms with Crippen LogP contribution in [0.25, 0.3) is 22.3 Å². The van der Waals surface area contributed by atoms with Gasteiger partial charge in [0.2, 0.25) is 0 Å². The number of hydrogen-bond acceptors (Lipinski definition) is 13. The quantitative estimate of drug-likeness (QED) is 0.0347. The maximum Gasteiger partial charge on any atom is 0.130 e. The molecule has 0 aromatic heterocycles. The van der Waals surface area contributed by atoms with E-state index in [0.29, 0.717) is 23.0 Å². The standard InChI is InChI=1S/C66H64N6O4S3/c1-5-71(6-2)47-27-25-45(39-67-69-65-59-21-13-9-17-55(59)56-18-10-14-22-60(56)65)63(37-47)75-41-49(73)43-77-51-29-33-53(34-30-51)79-54-35-31-52(32-36-54)78-44-50(74)42-76-64-38-48(72(7-3)8-4)28-26-46(64)40-68-70-66-61-23-15-11-19-57(61)58-20-12-16-24-62(58)66/h9-40,49-50,73-74H,5-8,41-44H2,1-4H3/b67-39+,68-40+. The van der Waals surface area contributed by atoms with Crippen molar-refractivity contribution >= 4 is 70.5 Å². The van der Waals surface area contributed by atoms with Crippen LogP contribution in [-0.2, 0) is 0 Å². The summed E-state index contributed by atoms with van der Waals surface area (Å²) in [5.41, 5.74) is 14.3. The molecule has 2 atom stereocenters. The maximum absolute atomic E-state index is 11.2. The smallest absolute Gasteiger partial charge is 0.130 e. The van der Waals surface area contributed by atoms with Crippen molar-refractivity contribution in [3.63, 3.8) is 0 Å². The summed E-state index contributed by atoms with van der Waals surface area (Å²) in [7, 11) is 0. The minimum atomic E-state index is -0.702. The van der Waals surface area contributed by atoms with Gasteiger partial charge in [-0.3, -0.25) is 0 Å². The highest BCUT2D eigenvalue weighted by atomic mass is 32.2. The van der Waals surface area contributed by atoms with E-state index in [0.717, 1.165) is 124 Å². The van der Waals surface area contributed by atoms with E-state index in [1.807, 2.05) is 48.5 Å². The number of anilines is 2. The van der Waals surface area contributed by atoms with E-state index in [2.05, 4.69) is 181 Å². The molecular weight excluding hydrogens is 1040 g/mol. The van der Waals surface area contributed by atoms with Crippen molar-refractivity contribution in [1.82, 2.24) is 0 Å². The van der Waals surface area contributed by atoms with Crippen molar-refractivity contribution < 1.29 is 19.7 Å². The van der Waals surface area contributed by atoms with Gasteiger partial charge >= 0.3 is 0 Å². The molecule has 0 aliphatic heterocycles. The summed E-state index contributed by atoms with van der Waals surface area (Å²) in [6.07, 6.45) is 2.08. The Balaban J connectivity index is 0.703. The lowest BCUT2D eigenvalue weighted by Gasteiger charge is -2.22. The molecule has 400 valence electrons. The van der Waals surface area contributed by atoms with Gasteiger partial charge in [0, 0.05) is 114 Å². The van der Waals surface area contributed by atoms with Crippen LogP contribution in [0.2, 0.25) is 0 Å². The normalized spacial score (nSPS) is 13.0. The summed E-state index contributed by atoms with van der Waals surface area (Å²) in [4.78, 5) is 8.90. The summed E-state index contributed by atoms with van der Waals surface area (Å²) in [5.74, 6) is 2.24. The van der Waals surface area contributed by atoms with Gasteiger partial charge in [-0.05, 0) is 123 Å². The Morgan fingerprint density at radius 1 is 0.418 bits per heavy atom. The van der Waals surface area contributed by atoms with Crippen LogP contribution < -0.4 is 19.3 Å². The molecule has 0 saturated carbocycles. The Kier molecular flexibility index (Phi) is 18.4. The molecule has 8 aromatic rings. The van der Waals surface area contributed by atoms with Gasteiger partial charge in [-0.25, -0.2) is 0 Å². The highest BCUT2D eigenvalue weighted by Gasteiger charge is 2.25. The molecule has 0 saturated heterocycles. The average Bonchev–Trinajstić information content (AvgIpc) is 4.09. The molecule has 0 fully saturated rings. The molecule has 8 aromatic carbocycles. The van der Waals surface area contributed by atoms with Gasteiger partial charge in [0.25, 0.3) is 0 Å². The zero-order chi connectivity index (χ0) is 54.5. The molecule has 0 radical (unpaired) electrons. The first-order valence-electron chi connectivity index (χ1n) is 26.9. The number of ether oxygens (including phenoxy) is 2. The molecule has 2 aliphatic carbocycles. The molecule has 10 rings (SSSR count). The fourth-order valence-corrected chi connectivity index (χ4v) is 12.2. The van der Waals surface area contributed by atoms with E-state index >= 15 is 0 Å². The fourth-order valence-electron chi connectivity index (χ4n) is 9.78. The molecule has 10 nitrogen and oxygen atoms in total. The largest absolute Gasteiger partial charge is 0.490 e. The van der Waals surface area contributed by atoms with E-state index in [-0.39, 0.29) is 13.2 Å². The van der Waals surface area contributed by atoms with Crippen molar-refractivity contribution in [3.05, 3.63) is 215 Å². The molecule has 0 heterocycles. The van der Waals surface area contributed by atoms with Crippen LogP contribution in [0.1, 0.15) is 61.1 Å². The van der Waals surface area contributed by atoms with Gasteiger partial charge in [-0.1, -0.05) is 109 Å². The summed E-state index contributed by atoms with van der Waals surface area (Å²) in [6.45, 7) is 12.3. The third-order valence-electron chi connectivity index (χ3n) is 13.9. The molecule has 0 bridgehead atoms. The average molecular weight is 1100 g/mol. The lowest BCUT2D eigenvalue weighted by molar-refractivity contribution is 0.126. The predicted molar refractivity (Wildman–Crippen MR) is 332 cm³/mol. The van der Waals surface area contributed by atoms with Crippen molar-refractivity contribution in [2.45, 2.75) is 59.5 Å². The summed E-state index contributed by atoms with van der Waals surface area (Å²) >= 11 is 4.89. The van der Waals surface area contributed by atoms with Crippen LogP contribution in [0.15, 0.2) is 222 Å². The minimum absolute atomic E-state index is 0.131. The number of nitrogens with zero attached hydrogens (tertiary/aromatic N) is 6. The first kappa shape index (κ1) is 54.9. The first-order valence-corrected chi connectivity index (χ1v) is 29.7. The van der Waals surface area contributed by atoms with Crippen LogP contribution in [0.3, 0.4) is 0 Å². The third kappa shape index (κ3) is 13.2. The fraction of sp³-hybridized carbons (Fsp3) is 0.212. The number of aliphatic hydroxyl groups excluding tert-OH is 2. The van der Waals surface area contributed by atoms with Crippen LogP contribution in [0.4, 0.5) is 11.4 Å². The lowest BCUT2D eigenvalue weighted by atomic mass is 10.1. The van der Waals surface area contributed by atoms with E-state index < -0.39 is 12.2 Å². The number of hydrogen-bond donors (Lipinski definition) is 2. The molecule has 2 unspecified atom stereocenters. The van der Waals surface area contributed by atoms with Gasteiger partial charge in [0.1, 0.15) is 36.1 Å². The molecule has 2 N–H and O–H groups in total. The highest BCUT2D eigenvalue weighted by Crippen LogP contribution is 2.39. The Labute approximate surface area is 477 Å². The molecule has 0 spiro atoms. The molecule has 13 heteroatoms. The minimum Gasteiger partial charge on any atom is -0.490 e. The number of benzene rings is 8. The van der Waals surface area contributed by atoms with E-state index in [1.54, 1.807) is 47.7 Å². The van der Waals surface area contributed by atoms with Gasteiger partial charge < -0.3 is 29.5 Å². The van der Waals surface area contributed by atoms with Crippen molar-refractivity contribution in [3.8, 4) is 33.8 Å². The SMILES string of the molecule is CCN(CC)c1ccc(/C=N/N=C2c3ccccc3-c3ccccc32)c(OCC(O)CSc2ccc(Sc3ccc(SCC(O)COc4cc(N(CC)CC)ccc4/C=N/N=C4c5ccccc5-c5ccccc54)cc3)cc2)c1. The van der Waals surface area contributed by atoms with Crippen LogP contribution in [0.5, 0.6) is 11.5 Å². The number of aliphatic hydroxyl groups is 2. The van der Waals surface area contributed by atoms with Crippen molar-refractivity contribution in [1.29, 1.82) is 0 Å². The Bertz CT molecular complexity index is 3180. The zero-order valence-corrected chi connectivity index (χ0v) is 47.4. The second kappa shape index (κ2) is 26.5. The summed E-state index contributed by atoms with van der Waals surface area (Å²) in [6, 6.07) is 62.2. The lowest BCUT2D eigenvalue weighted by Crippen LogP contribution is -2.23. The van der Waals surface area contributed by atoms with Gasteiger partial charge in [0.05, 0.1) is 24.6 Å². The van der Waals surface area contributed by atoms with E-state index in [1.165, 1.54) is 0 Å². The Morgan fingerprint density at radius 3 is 1.06 bits per heavy atom. The molecule has 2 aliphatic rings. The number of fused-ring (bicyclic) bond motifs is 6. The van der Waals surface area contributed by atoms with Crippen molar-refractivity contribution in [2.24, 2.45) is 20.4 Å². The Morgan fingerprint density at radius 2 is 0.734 bits per heavy atom. The number of rotatable bonds is 24. The van der Waals surface area contributed by atoms with Crippen LogP contribution in [0, 0.1) is 0 Å². The second-order valence-electron chi connectivity index (χ2n) is 19.0. The maximum atomic E-state index is 11.2. The topological polar surface area (TPSA) is 115 Å². The van der Waals surface area contributed by atoms with Gasteiger partial charge in [-0.15, -0.1) is 33.7 Å². The first-order chi connectivity index (χ1) is 38.8. The third-order valence-corrected chi connectivity index (χ3v) is 17.2. The second-order valence-corrected chi connectivity index (χ2v) is 22.3. The van der Waals surface area contributed by atoms with E-state index in [4.69, 9.17) is 19.7 Å². The summed E-state index contributed by atoms with van der Waals surface area (Å²) < 4.78 is 12.7. The van der Waals surface area contributed by atoms with Gasteiger partial charge in [-0.2, -0.15) is 10.2 Å².